The molecule has 0 unspecified atom stereocenters. The van der Waals surface area contributed by atoms with Crippen LogP contribution in [0.1, 0.15) is 5.69 Å². The molecule has 0 aromatic carbocycles. The predicted molar refractivity (Wildman–Crippen MR) is 59.5 cm³/mol. The van der Waals surface area contributed by atoms with E-state index < -0.39 is 10.0 Å². The summed E-state index contributed by atoms with van der Waals surface area (Å²) in [5, 5.41) is 1.77. The molecule has 1 aromatic rings. The zero-order chi connectivity index (χ0) is 10.6. The van der Waals surface area contributed by atoms with Crippen LogP contribution in [0.4, 0.5) is 0 Å². The zero-order valence-electron chi connectivity index (χ0n) is 7.13. The van der Waals surface area contributed by atoms with Crippen molar-refractivity contribution in [2.75, 3.05) is 5.75 Å². The number of thiocarbonyl (C=S) groups is 1. The van der Waals surface area contributed by atoms with Gasteiger partial charge in [0.1, 0.15) is 5.75 Å². The number of hydrogen-bond donors (Lipinski definition) is 2. The first-order chi connectivity index (χ1) is 6.49. The SMILES string of the molecule is NC(=S)CS(=O)(=O)NCc1cscn1. The first-order valence-electron chi connectivity index (χ1n) is 3.62. The van der Waals surface area contributed by atoms with Gasteiger partial charge < -0.3 is 5.73 Å². The van der Waals surface area contributed by atoms with E-state index in [0.29, 0.717) is 5.69 Å². The van der Waals surface area contributed by atoms with E-state index in [2.05, 4.69) is 21.9 Å². The monoisotopic (exact) mass is 251 g/mol. The van der Waals surface area contributed by atoms with Crippen molar-refractivity contribution in [3.05, 3.63) is 16.6 Å². The molecule has 0 fully saturated rings. The van der Waals surface area contributed by atoms with Crippen molar-refractivity contribution < 1.29 is 8.42 Å². The molecule has 0 bridgehead atoms. The number of nitrogens with two attached hydrogens (primary N) is 1. The molecule has 0 saturated carbocycles. The van der Waals surface area contributed by atoms with Gasteiger partial charge in [-0.15, -0.1) is 11.3 Å². The van der Waals surface area contributed by atoms with E-state index in [4.69, 9.17) is 5.73 Å². The Morgan fingerprint density at radius 3 is 2.93 bits per heavy atom. The molecule has 14 heavy (non-hydrogen) atoms. The summed E-state index contributed by atoms with van der Waals surface area (Å²) in [6, 6.07) is 0. The van der Waals surface area contributed by atoms with Gasteiger partial charge in [0.2, 0.25) is 10.0 Å². The molecule has 0 spiro atoms. The molecule has 0 aliphatic heterocycles. The molecule has 1 heterocycles. The smallest absolute Gasteiger partial charge is 0.218 e. The minimum absolute atomic E-state index is 0.0456. The first kappa shape index (κ1) is 11.5. The highest BCUT2D eigenvalue weighted by Crippen LogP contribution is 2.00. The quantitative estimate of drug-likeness (QED) is 0.711. The van der Waals surface area contributed by atoms with E-state index in [9.17, 15) is 8.42 Å². The Bertz CT molecular complexity index is 398. The van der Waals surface area contributed by atoms with Gasteiger partial charge in [-0.2, -0.15) is 0 Å². The average Bonchev–Trinajstić information content (AvgIpc) is 2.50. The van der Waals surface area contributed by atoms with Gasteiger partial charge in [-0.05, 0) is 0 Å². The molecule has 0 saturated heterocycles. The lowest BCUT2D eigenvalue weighted by Gasteiger charge is -2.03. The molecule has 5 nitrogen and oxygen atoms in total. The minimum atomic E-state index is -3.41. The van der Waals surface area contributed by atoms with E-state index >= 15 is 0 Å². The van der Waals surface area contributed by atoms with Crippen LogP contribution in [0.25, 0.3) is 0 Å². The van der Waals surface area contributed by atoms with Crippen LogP contribution in [0.5, 0.6) is 0 Å². The average molecular weight is 251 g/mol. The molecule has 0 aliphatic rings. The summed E-state index contributed by atoms with van der Waals surface area (Å²) in [4.78, 5) is 3.88. The summed E-state index contributed by atoms with van der Waals surface area (Å²) >= 11 is 5.91. The largest absolute Gasteiger partial charge is 0.392 e. The number of aromatic nitrogens is 1. The molecule has 3 N–H and O–H groups in total. The van der Waals surface area contributed by atoms with Crippen LogP contribution in [0.2, 0.25) is 0 Å². The van der Waals surface area contributed by atoms with Crippen molar-refractivity contribution in [1.82, 2.24) is 9.71 Å². The first-order valence-corrected chi connectivity index (χ1v) is 6.62. The Hall–Kier alpha value is -0.570. The second kappa shape index (κ2) is 4.78. The minimum Gasteiger partial charge on any atom is -0.392 e. The molecule has 0 aliphatic carbocycles. The molecule has 8 heteroatoms. The van der Waals surface area contributed by atoms with Crippen LogP contribution in [0.3, 0.4) is 0 Å². The highest BCUT2D eigenvalue weighted by molar-refractivity contribution is 7.92. The van der Waals surface area contributed by atoms with Gasteiger partial charge >= 0.3 is 0 Å². The van der Waals surface area contributed by atoms with Crippen molar-refractivity contribution in [2.24, 2.45) is 5.73 Å². The highest BCUT2D eigenvalue weighted by Gasteiger charge is 2.11. The number of nitrogens with one attached hydrogen (secondary N) is 1. The van der Waals surface area contributed by atoms with Gasteiger partial charge in [0, 0.05) is 5.38 Å². The van der Waals surface area contributed by atoms with Gasteiger partial charge in [-0.25, -0.2) is 18.1 Å². The van der Waals surface area contributed by atoms with Crippen LogP contribution < -0.4 is 10.5 Å². The third kappa shape index (κ3) is 4.09. The van der Waals surface area contributed by atoms with Crippen LogP contribution >= 0.6 is 23.6 Å². The van der Waals surface area contributed by atoms with E-state index in [0.717, 1.165) is 0 Å². The van der Waals surface area contributed by atoms with Crippen molar-refractivity contribution in [3.8, 4) is 0 Å². The number of hydrogen-bond acceptors (Lipinski definition) is 5. The van der Waals surface area contributed by atoms with Gasteiger partial charge in [0.15, 0.2) is 0 Å². The van der Waals surface area contributed by atoms with Gasteiger partial charge in [-0.3, -0.25) is 0 Å². The molecular weight excluding hydrogens is 242 g/mol. The Balaban J connectivity index is 2.49. The third-order valence-corrected chi connectivity index (χ3v) is 3.53. The topological polar surface area (TPSA) is 85.1 Å². The maximum atomic E-state index is 11.2. The lowest BCUT2D eigenvalue weighted by atomic mass is 10.5. The molecule has 1 aromatic heterocycles. The summed E-state index contributed by atoms with van der Waals surface area (Å²) < 4.78 is 24.8. The Labute approximate surface area is 91.4 Å². The molecular formula is C6H9N3O2S3. The van der Waals surface area contributed by atoms with Gasteiger partial charge in [0.25, 0.3) is 0 Å². The Morgan fingerprint density at radius 1 is 1.71 bits per heavy atom. The number of nitrogens with zero attached hydrogens (tertiary/aromatic N) is 1. The second-order valence-electron chi connectivity index (χ2n) is 2.53. The highest BCUT2D eigenvalue weighted by atomic mass is 32.2. The van der Waals surface area contributed by atoms with Crippen LogP contribution in [0, 0.1) is 0 Å². The maximum absolute atomic E-state index is 11.2. The molecule has 0 radical (unpaired) electrons. The van der Waals surface area contributed by atoms with Crippen molar-refractivity contribution in [1.29, 1.82) is 0 Å². The van der Waals surface area contributed by atoms with Crippen molar-refractivity contribution >= 4 is 38.6 Å². The Morgan fingerprint density at radius 2 is 2.43 bits per heavy atom. The van der Waals surface area contributed by atoms with Crippen molar-refractivity contribution in [3.63, 3.8) is 0 Å². The van der Waals surface area contributed by atoms with E-state index in [1.165, 1.54) is 11.3 Å². The van der Waals surface area contributed by atoms with E-state index in [-0.39, 0.29) is 17.3 Å². The molecule has 1 rings (SSSR count). The molecule has 78 valence electrons. The normalized spacial score (nSPS) is 11.4. The molecule has 0 atom stereocenters. The number of thiazole rings is 1. The van der Waals surface area contributed by atoms with E-state index in [1.807, 2.05) is 0 Å². The van der Waals surface area contributed by atoms with Crippen LogP contribution in [-0.4, -0.2) is 24.1 Å². The number of sulfonamides is 1. The lowest BCUT2D eigenvalue weighted by molar-refractivity contribution is 0.585. The summed E-state index contributed by atoms with van der Waals surface area (Å²) in [6.07, 6.45) is 0. The lowest BCUT2D eigenvalue weighted by Crippen LogP contribution is -2.32. The van der Waals surface area contributed by atoms with Gasteiger partial charge in [-0.1, -0.05) is 12.2 Å². The summed E-state index contributed by atoms with van der Waals surface area (Å²) in [7, 11) is -3.41. The summed E-state index contributed by atoms with van der Waals surface area (Å²) in [6.45, 7) is 0.175. The predicted octanol–water partition coefficient (Wildman–Crippen LogP) is -0.151. The summed E-state index contributed by atoms with van der Waals surface area (Å²) in [5.41, 5.74) is 7.44. The number of rotatable bonds is 5. The fraction of sp³-hybridized carbons (Fsp3) is 0.333. The third-order valence-electron chi connectivity index (χ3n) is 1.29. The van der Waals surface area contributed by atoms with Crippen LogP contribution in [0.15, 0.2) is 10.9 Å². The summed E-state index contributed by atoms with van der Waals surface area (Å²) in [5.74, 6) is -0.327. The Kier molecular flexibility index (Phi) is 3.93. The fourth-order valence-corrected chi connectivity index (χ4v) is 2.62. The fourth-order valence-electron chi connectivity index (χ4n) is 0.747. The van der Waals surface area contributed by atoms with Gasteiger partial charge in [0.05, 0.1) is 22.7 Å². The maximum Gasteiger partial charge on any atom is 0.218 e. The zero-order valence-corrected chi connectivity index (χ0v) is 9.58. The molecule has 0 amide bonds. The standard InChI is InChI=1S/C6H9N3O2S3/c7-6(12)3-14(10,11)9-1-5-2-13-4-8-5/h2,4,9H,1,3H2,(H2,7,12). The van der Waals surface area contributed by atoms with E-state index in [1.54, 1.807) is 10.9 Å². The van der Waals surface area contributed by atoms with Crippen LogP contribution in [-0.2, 0) is 16.6 Å². The second-order valence-corrected chi connectivity index (χ2v) is 5.58. The van der Waals surface area contributed by atoms with Crippen molar-refractivity contribution in [2.45, 2.75) is 6.54 Å².